The van der Waals surface area contributed by atoms with E-state index in [9.17, 15) is 0 Å². The molecule has 0 spiro atoms. The van der Waals surface area contributed by atoms with Gasteiger partial charge >= 0.3 is 0 Å². The fourth-order valence-corrected chi connectivity index (χ4v) is 4.38. The number of allylic oxidation sites excluding steroid dienone is 4. The summed E-state index contributed by atoms with van der Waals surface area (Å²) in [5.41, 5.74) is 0. The lowest BCUT2D eigenvalue weighted by molar-refractivity contribution is 0.0209. The first-order chi connectivity index (χ1) is 12.8. The molecule has 0 amide bonds. The molecule has 146 valence electrons. The van der Waals surface area contributed by atoms with Crippen molar-refractivity contribution in [3.63, 3.8) is 0 Å². The van der Waals surface area contributed by atoms with Crippen LogP contribution in [0, 0.1) is 29.6 Å². The third-order valence-electron chi connectivity index (χ3n) is 6.15. The van der Waals surface area contributed by atoms with E-state index in [0.29, 0.717) is 12.0 Å². The summed E-state index contributed by atoms with van der Waals surface area (Å²) in [5.74, 6) is 8.88. The summed E-state index contributed by atoms with van der Waals surface area (Å²) in [6, 6.07) is 0. The van der Waals surface area contributed by atoms with Gasteiger partial charge in [0.2, 0.25) is 0 Å². The molecule has 2 aliphatic rings. The summed E-state index contributed by atoms with van der Waals surface area (Å²) >= 11 is 0. The van der Waals surface area contributed by atoms with Gasteiger partial charge in [-0.3, -0.25) is 0 Å². The summed E-state index contributed by atoms with van der Waals surface area (Å²) < 4.78 is 5.95. The van der Waals surface area contributed by atoms with Crippen LogP contribution in [-0.4, -0.2) is 12.7 Å². The fourth-order valence-electron chi connectivity index (χ4n) is 4.38. The van der Waals surface area contributed by atoms with Crippen molar-refractivity contribution in [1.29, 1.82) is 0 Å². The van der Waals surface area contributed by atoms with Crippen LogP contribution in [-0.2, 0) is 4.74 Å². The quantitative estimate of drug-likeness (QED) is 0.333. The summed E-state index contributed by atoms with van der Waals surface area (Å²) in [6.07, 6.45) is 25.0. The largest absolute Gasteiger partial charge is 0.378 e. The van der Waals surface area contributed by atoms with Crippen LogP contribution in [0.2, 0.25) is 0 Å². The smallest absolute Gasteiger partial charge is 0.0575 e. The van der Waals surface area contributed by atoms with E-state index in [1.54, 1.807) is 0 Å². The predicted molar refractivity (Wildman–Crippen MR) is 113 cm³/mol. The molecule has 0 N–H and O–H groups in total. The maximum Gasteiger partial charge on any atom is 0.0575 e. The van der Waals surface area contributed by atoms with Crippen molar-refractivity contribution >= 4 is 0 Å². The SMILES string of the molecule is CCCCO[C@H]1CC[C@H](C=CC#CC=C[C@H]2CC[C@H](CCC)CC2)CC1. The van der Waals surface area contributed by atoms with Gasteiger partial charge in [0.05, 0.1) is 6.10 Å². The van der Waals surface area contributed by atoms with E-state index >= 15 is 0 Å². The summed E-state index contributed by atoms with van der Waals surface area (Å²) in [4.78, 5) is 0. The van der Waals surface area contributed by atoms with Crippen LogP contribution in [0.5, 0.6) is 0 Å². The van der Waals surface area contributed by atoms with Crippen LogP contribution in [0.3, 0.4) is 0 Å². The van der Waals surface area contributed by atoms with E-state index in [4.69, 9.17) is 4.74 Å². The molecular formula is C25H40O. The second kappa shape index (κ2) is 13.2. The van der Waals surface area contributed by atoms with Crippen LogP contribution in [0.25, 0.3) is 0 Å². The topological polar surface area (TPSA) is 9.23 Å². The number of hydrogen-bond acceptors (Lipinski definition) is 1. The lowest BCUT2D eigenvalue weighted by Gasteiger charge is -2.26. The molecule has 1 heteroatoms. The minimum absolute atomic E-state index is 0.507. The van der Waals surface area contributed by atoms with Crippen molar-refractivity contribution in [3.05, 3.63) is 24.3 Å². The third kappa shape index (κ3) is 8.59. The molecule has 2 aliphatic carbocycles. The minimum atomic E-state index is 0.507. The minimum Gasteiger partial charge on any atom is -0.378 e. The first kappa shape index (κ1) is 21.3. The highest BCUT2D eigenvalue weighted by molar-refractivity contribution is 5.24. The van der Waals surface area contributed by atoms with Gasteiger partial charge in [-0.25, -0.2) is 0 Å². The molecule has 0 heterocycles. The molecule has 0 saturated heterocycles. The molecule has 0 radical (unpaired) electrons. The zero-order chi connectivity index (χ0) is 18.5. The van der Waals surface area contributed by atoms with Gasteiger partial charge in [0.1, 0.15) is 0 Å². The van der Waals surface area contributed by atoms with Crippen molar-refractivity contribution in [2.75, 3.05) is 6.61 Å². The number of unbranched alkanes of at least 4 members (excludes halogenated alkanes) is 1. The van der Waals surface area contributed by atoms with Crippen molar-refractivity contribution in [2.45, 2.75) is 97.0 Å². The van der Waals surface area contributed by atoms with Gasteiger partial charge in [0.15, 0.2) is 0 Å². The van der Waals surface area contributed by atoms with E-state index < -0.39 is 0 Å². The third-order valence-corrected chi connectivity index (χ3v) is 6.15. The number of rotatable bonds is 8. The Bertz CT molecular complexity index is 462. The zero-order valence-corrected chi connectivity index (χ0v) is 17.2. The number of ether oxygens (including phenoxy) is 1. The Morgan fingerprint density at radius 1 is 0.769 bits per heavy atom. The first-order valence-corrected chi connectivity index (χ1v) is 11.3. The molecule has 0 atom stereocenters. The first-order valence-electron chi connectivity index (χ1n) is 11.3. The van der Waals surface area contributed by atoms with Gasteiger partial charge in [-0.1, -0.05) is 57.1 Å². The van der Waals surface area contributed by atoms with Crippen molar-refractivity contribution in [2.24, 2.45) is 17.8 Å². The molecule has 0 aromatic rings. The monoisotopic (exact) mass is 356 g/mol. The molecule has 0 bridgehead atoms. The van der Waals surface area contributed by atoms with Gasteiger partial charge in [-0.15, -0.1) is 0 Å². The van der Waals surface area contributed by atoms with Crippen molar-refractivity contribution in [1.82, 2.24) is 0 Å². The Labute approximate surface area is 162 Å². The lowest BCUT2D eigenvalue weighted by Crippen LogP contribution is -2.21. The maximum absolute atomic E-state index is 5.95. The highest BCUT2D eigenvalue weighted by Gasteiger charge is 2.19. The van der Waals surface area contributed by atoms with Gasteiger partial charge in [-0.2, -0.15) is 0 Å². The van der Waals surface area contributed by atoms with Crippen LogP contribution in [0.4, 0.5) is 0 Å². The average Bonchev–Trinajstić information content (AvgIpc) is 2.67. The molecule has 1 nitrogen and oxygen atoms in total. The Morgan fingerprint density at radius 2 is 1.35 bits per heavy atom. The normalized spacial score (nSPS) is 29.8. The number of hydrogen-bond donors (Lipinski definition) is 0. The molecule has 0 aliphatic heterocycles. The van der Waals surface area contributed by atoms with Crippen molar-refractivity contribution in [3.8, 4) is 11.8 Å². The average molecular weight is 357 g/mol. The fraction of sp³-hybridized carbons (Fsp3) is 0.760. The van der Waals surface area contributed by atoms with E-state index in [2.05, 4.69) is 50.0 Å². The van der Waals surface area contributed by atoms with Gasteiger partial charge < -0.3 is 4.74 Å². The van der Waals surface area contributed by atoms with Crippen molar-refractivity contribution < 1.29 is 4.74 Å². The van der Waals surface area contributed by atoms with Gasteiger partial charge in [0, 0.05) is 6.61 Å². The van der Waals surface area contributed by atoms with E-state index in [1.165, 1.54) is 77.0 Å². The highest BCUT2D eigenvalue weighted by atomic mass is 16.5. The molecule has 0 aromatic heterocycles. The lowest BCUT2D eigenvalue weighted by atomic mass is 9.80. The zero-order valence-electron chi connectivity index (χ0n) is 17.2. The molecule has 0 aromatic carbocycles. The molecule has 2 saturated carbocycles. The predicted octanol–water partition coefficient (Wildman–Crippen LogP) is 7.08. The maximum atomic E-state index is 5.95. The van der Waals surface area contributed by atoms with Crippen LogP contribution in [0.15, 0.2) is 24.3 Å². The molecular weight excluding hydrogens is 316 g/mol. The Balaban J connectivity index is 1.58. The summed E-state index contributed by atoms with van der Waals surface area (Å²) in [5, 5.41) is 0. The van der Waals surface area contributed by atoms with E-state index in [-0.39, 0.29) is 0 Å². The van der Waals surface area contributed by atoms with Crippen LogP contribution < -0.4 is 0 Å². The van der Waals surface area contributed by atoms with Crippen LogP contribution in [0.1, 0.15) is 90.9 Å². The van der Waals surface area contributed by atoms with E-state index in [1.807, 2.05) is 0 Å². The molecule has 2 rings (SSSR count). The second-order valence-corrected chi connectivity index (χ2v) is 8.34. The molecule has 26 heavy (non-hydrogen) atoms. The highest BCUT2D eigenvalue weighted by Crippen LogP contribution is 2.32. The summed E-state index contributed by atoms with van der Waals surface area (Å²) in [6.45, 7) is 5.47. The summed E-state index contributed by atoms with van der Waals surface area (Å²) in [7, 11) is 0. The second-order valence-electron chi connectivity index (χ2n) is 8.34. The van der Waals surface area contributed by atoms with Crippen LogP contribution >= 0.6 is 0 Å². The Morgan fingerprint density at radius 3 is 1.88 bits per heavy atom. The standard InChI is InChI=1S/C25H40O/c1-3-5-21-26-25-19-17-24(18-20-25)12-9-7-6-8-11-23-15-13-22(10-4-2)14-16-23/h8-9,11-12,22-25H,3-5,10,13-21H2,1-2H3/t22-,23-,24-,25-. The van der Waals surface area contributed by atoms with E-state index in [0.717, 1.165) is 18.4 Å². The van der Waals surface area contributed by atoms with Gasteiger partial charge in [-0.05, 0) is 87.7 Å². The molecule has 2 fully saturated rings. The van der Waals surface area contributed by atoms with Gasteiger partial charge in [0.25, 0.3) is 0 Å². The molecule has 0 unspecified atom stereocenters. The Kier molecular flexibility index (Phi) is 10.8. The Hall–Kier alpha value is -1.00.